The Morgan fingerprint density at radius 1 is 0.804 bits per heavy atom. The maximum absolute atomic E-state index is 14.2. The third-order valence-electron chi connectivity index (χ3n) is 8.68. The fourth-order valence-electron chi connectivity index (χ4n) is 5.92. The molecular weight excluding hydrogens is 709 g/mol. The lowest BCUT2D eigenvalue weighted by Crippen LogP contribution is -2.56. The van der Waals surface area contributed by atoms with Gasteiger partial charge < -0.3 is 15.5 Å². The van der Waals surface area contributed by atoms with Crippen LogP contribution in [0, 0.1) is 11.8 Å². The van der Waals surface area contributed by atoms with E-state index in [1.165, 1.54) is 62.4 Å². The van der Waals surface area contributed by atoms with Crippen LogP contribution in [0.2, 0.25) is 5.02 Å². The Kier molecular flexibility index (Phi) is 12.7. The van der Waals surface area contributed by atoms with Crippen LogP contribution in [0.1, 0.15) is 59.5 Å². The first-order valence-corrected chi connectivity index (χ1v) is 18.2. The fraction of sp³-hybridized carbons (Fsp3) is 0.389. The third-order valence-corrected chi connectivity index (χ3v) is 10.3. The van der Waals surface area contributed by atoms with E-state index in [1.54, 1.807) is 18.7 Å². The zero-order valence-electron chi connectivity index (χ0n) is 28.5. The molecule has 3 aromatic rings. The minimum Gasteiger partial charge on any atom is -0.340 e. The molecule has 51 heavy (non-hydrogen) atoms. The van der Waals surface area contributed by atoms with Gasteiger partial charge in [-0.25, -0.2) is 13.1 Å². The van der Waals surface area contributed by atoms with Gasteiger partial charge >= 0.3 is 6.18 Å². The predicted molar refractivity (Wildman–Crippen MR) is 186 cm³/mol. The molecule has 0 saturated carbocycles. The second-order valence-electron chi connectivity index (χ2n) is 13.1. The van der Waals surface area contributed by atoms with Crippen LogP contribution in [0.15, 0.2) is 77.7 Å². The molecule has 0 aliphatic heterocycles. The van der Waals surface area contributed by atoms with Crippen molar-refractivity contribution >= 4 is 45.1 Å². The maximum Gasteiger partial charge on any atom is 0.451 e. The monoisotopic (exact) mass is 748 g/mol. The number of amides is 3. The zero-order valence-corrected chi connectivity index (χ0v) is 30.0. The van der Waals surface area contributed by atoms with Crippen LogP contribution in [0.4, 0.5) is 13.2 Å². The predicted octanol–water partition coefficient (Wildman–Crippen LogP) is 4.95. The van der Waals surface area contributed by atoms with Crippen molar-refractivity contribution in [2.24, 2.45) is 11.8 Å². The van der Waals surface area contributed by atoms with Crippen LogP contribution in [-0.4, -0.2) is 74.2 Å². The molecule has 10 nitrogen and oxygen atoms in total. The molecule has 4 rings (SSSR count). The molecular formula is C36H40ClF3N4O6S. The Labute approximate surface area is 300 Å². The summed E-state index contributed by atoms with van der Waals surface area (Å²) in [6.07, 6.45) is -4.01. The van der Waals surface area contributed by atoms with Gasteiger partial charge in [0.05, 0.1) is 10.9 Å². The molecule has 1 aliphatic carbocycles. The molecule has 1 aliphatic rings. The van der Waals surface area contributed by atoms with Gasteiger partial charge in [-0.3, -0.25) is 19.2 Å². The highest BCUT2D eigenvalue weighted by Gasteiger charge is 2.44. The highest BCUT2D eigenvalue weighted by Crippen LogP contribution is 2.27. The molecule has 3 aromatic carbocycles. The number of sulfonamides is 1. The van der Waals surface area contributed by atoms with Gasteiger partial charge in [0.15, 0.2) is 0 Å². The van der Waals surface area contributed by atoms with Crippen molar-refractivity contribution < 1.29 is 40.8 Å². The number of fused-ring (bicyclic) bond motifs is 1. The summed E-state index contributed by atoms with van der Waals surface area (Å²) in [6.45, 7) is 6.38. The average molecular weight is 749 g/mol. The molecule has 2 atom stereocenters. The number of hydrogen-bond acceptors (Lipinski definition) is 7. The number of hydrogen-bond donors (Lipinski definition) is 3. The smallest absolute Gasteiger partial charge is 0.340 e. The van der Waals surface area contributed by atoms with E-state index >= 15 is 0 Å². The van der Waals surface area contributed by atoms with Gasteiger partial charge in [0.1, 0.15) is 6.04 Å². The number of ketones is 1. The summed E-state index contributed by atoms with van der Waals surface area (Å²) in [6, 6.07) is 15.2. The first kappa shape index (κ1) is 39.5. The quantitative estimate of drug-likeness (QED) is 0.212. The Morgan fingerprint density at radius 3 is 1.80 bits per heavy atom. The molecule has 274 valence electrons. The van der Waals surface area contributed by atoms with E-state index in [2.05, 4.69) is 10.6 Å². The minimum absolute atomic E-state index is 0.0202. The van der Waals surface area contributed by atoms with Gasteiger partial charge in [0.2, 0.25) is 5.91 Å². The van der Waals surface area contributed by atoms with Crippen LogP contribution in [0.3, 0.4) is 0 Å². The van der Waals surface area contributed by atoms with Gasteiger partial charge in [-0.05, 0) is 84.3 Å². The molecule has 0 aromatic heterocycles. The molecule has 0 spiro atoms. The van der Waals surface area contributed by atoms with E-state index in [0.717, 1.165) is 11.1 Å². The van der Waals surface area contributed by atoms with Crippen LogP contribution in [0.5, 0.6) is 0 Å². The van der Waals surface area contributed by atoms with Crippen molar-refractivity contribution in [3.63, 3.8) is 0 Å². The summed E-state index contributed by atoms with van der Waals surface area (Å²) < 4.78 is 67.1. The molecule has 0 bridgehead atoms. The number of nitrogens with one attached hydrogen (secondary N) is 3. The van der Waals surface area contributed by atoms with E-state index in [4.69, 9.17) is 11.6 Å². The highest BCUT2D eigenvalue weighted by molar-refractivity contribution is 7.90. The molecule has 3 amide bonds. The number of alkyl halides is 3. The standard InChI is InChI=1S/C36H40ClF3N4O6S/c1-21(2)30(32(45)36(38,39)40)41-17-18-44(28-19-25-7-5-6-8-26(25)20-28)35(48)31(22(3)4)42-33(46)23-9-11-24(12-10-23)34(47)43-51(49,50)29-15-13-27(37)14-16-29/h5-16,21-22,28,30-31,41H,17-20H2,1-4H3,(H,42,46)(H,43,47)/t30?,31-/m0/s1. The number of carbonyl (C=O) groups excluding carboxylic acids is 4. The van der Waals surface area contributed by atoms with Crippen LogP contribution in [0.25, 0.3) is 0 Å². The number of Topliss-reactive ketones (excluding diaryl/α,β-unsaturated/α-hetero) is 1. The lowest BCUT2D eigenvalue weighted by Gasteiger charge is -2.35. The highest BCUT2D eigenvalue weighted by atomic mass is 35.5. The molecule has 0 saturated heterocycles. The topological polar surface area (TPSA) is 142 Å². The molecule has 0 heterocycles. The summed E-state index contributed by atoms with van der Waals surface area (Å²) in [5, 5.41) is 5.79. The summed E-state index contributed by atoms with van der Waals surface area (Å²) in [7, 11) is -4.20. The number of carbonyl (C=O) groups is 4. The summed E-state index contributed by atoms with van der Waals surface area (Å²) in [5.74, 6) is -4.95. The average Bonchev–Trinajstić information content (AvgIpc) is 3.50. The van der Waals surface area contributed by atoms with E-state index in [-0.39, 0.29) is 35.2 Å². The third kappa shape index (κ3) is 9.95. The summed E-state index contributed by atoms with van der Waals surface area (Å²) >= 11 is 5.81. The van der Waals surface area contributed by atoms with E-state index in [9.17, 15) is 40.8 Å². The van der Waals surface area contributed by atoms with Crippen molar-refractivity contribution in [1.82, 2.24) is 20.3 Å². The first-order valence-electron chi connectivity index (χ1n) is 16.3. The van der Waals surface area contributed by atoms with Gasteiger partial charge in [-0.1, -0.05) is 63.6 Å². The van der Waals surface area contributed by atoms with Crippen molar-refractivity contribution in [3.8, 4) is 0 Å². The van der Waals surface area contributed by atoms with Crippen LogP contribution in [-0.2, 0) is 32.5 Å². The summed E-state index contributed by atoms with van der Waals surface area (Å²) in [5.41, 5.74) is 2.13. The molecule has 1 unspecified atom stereocenters. The van der Waals surface area contributed by atoms with Gasteiger partial charge in [0, 0.05) is 35.3 Å². The Balaban J connectivity index is 1.49. The number of halogens is 4. The molecule has 0 radical (unpaired) electrons. The van der Waals surface area contributed by atoms with Gasteiger partial charge in [-0.2, -0.15) is 13.2 Å². The van der Waals surface area contributed by atoms with E-state index in [1.807, 2.05) is 29.0 Å². The van der Waals surface area contributed by atoms with Crippen molar-refractivity contribution in [2.45, 2.75) is 69.7 Å². The lowest BCUT2D eigenvalue weighted by atomic mass is 9.99. The van der Waals surface area contributed by atoms with Crippen LogP contribution >= 0.6 is 11.6 Å². The molecule has 15 heteroatoms. The second-order valence-corrected chi connectivity index (χ2v) is 15.2. The minimum atomic E-state index is -5.02. The number of rotatable bonds is 14. The Hall–Kier alpha value is -4.27. The normalized spacial score (nSPS) is 14.5. The van der Waals surface area contributed by atoms with Gasteiger partial charge in [0.25, 0.3) is 27.6 Å². The van der Waals surface area contributed by atoms with Crippen molar-refractivity contribution in [3.05, 3.63) is 100 Å². The van der Waals surface area contributed by atoms with Crippen LogP contribution < -0.4 is 15.4 Å². The fourth-order valence-corrected chi connectivity index (χ4v) is 7.02. The van der Waals surface area contributed by atoms with Crippen molar-refractivity contribution in [2.75, 3.05) is 13.1 Å². The first-order chi connectivity index (χ1) is 23.9. The van der Waals surface area contributed by atoms with E-state index < -0.39 is 63.6 Å². The largest absolute Gasteiger partial charge is 0.451 e. The number of nitrogens with zero attached hydrogens (tertiary/aromatic N) is 1. The Bertz CT molecular complexity index is 1830. The second kappa shape index (κ2) is 16.4. The summed E-state index contributed by atoms with van der Waals surface area (Å²) in [4.78, 5) is 53.8. The van der Waals surface area contributed by atoms with E-state index in [0.29, 0.717) is 17.9 Å². The number of benzene rings is 3. The SMILES string of the molecule is CC(C)C(NCCN(C(=O)[C@@H](NC(=O)c1ccc(C(=O)NS(=O)(=O)c2ccc(Cl)cc2)cc1)C(C)C)C1Cc2ccccc2C1)C(=O)C(F)(F)F. The maximum atomic E-state index is 14.2. The van der Waals surface area contributed by atoms with Crippen molar-refractivity contribution in [1.29, 1.82) is 0 Å². The lowest BCUT2D eigenvalue weighted by molar-refractivity contribution is -0.174. The Morgan fingerprint density at radius 2 is 1.31 bits per heavy atom. The molecule has 3 N–H and O–H groups in total. The zero-order chi connectivity index (χ0) is 37.7. The molecule has 0 fully saturated rings. The van der Waals surface area contributed by atoms with Gasteiger partial charge in [-0.15, -0.1) is 0 Å².